The Hall–Kier alpha value is -4.34. The van der Waals surface area contributed by atoms with Crippen molar-refractivity contribution in [2.75, 3.05) is 6.61 Å². The predicted molar refractivity (Wildman–Crippen MR) is 176 cm³/mol. The van der Waals surface area contributed by atoms with Gasteiger partial charge in [-0.2, -0.15) is 0 Å². The number of benzene rings is 1. The fraction of sp³-hybridized carbons (Fsp3) is 0.622. The number of aliphatic hydroxyl groups is 2. The van der Waals surface area contributed by atoms with E-state index in [1.54, 1.807) is 18.2 Å². The van der Waals surface area contributed by atoms with Crippen molar-refractivity contribution in [2.45, 2.75) is 123 Å². The molecule has 0 radical (unpaired) electrons. The topological polar surface area (TPSA) is 207 Å². The second-order valence-electron chi connectivity index (χ2n) is 14.8. The van der Waals surface area contributed by atoms with E-state index < -0.39 is 106 Å². The molecule has 284 valence electrons. The Balaban J connectivity index is 1.96. The molecule has 0 spiro atoms. The average Bonchev–Trinajstić information content (AvgIpc) is 3.03. The van der Waals surface area contributed by atoms with Gasteiger partial charge in [-0.05, 0) is 30.2 Å². The lowest BCUT2D eigenvalue weighted by Crippen LogP contribution is -2.84. The number of rotatable bonds is 7. The third-order valence-electron chi connectivity index (χ3n) is 11.3. The first-order chi connectivity index (χ1) is 24.1. The summed E-state index contributed by atoms with van der Waals surface area (Å²) in [7, 11) is 0. The molecular formula is C37H46O15. The summed E-state index contributed by atoms with van der Waals surface area (Å²) in [6, 6.07) is 7.80. The Kier molecular flexibility index (Phi) is 10.1. The van der Waals surface area contributed by atoms with Crippen molar-refractivity contribution < 1.29 is 72.1 Å². The molecule has 52 heavy (non-hydrogen) atoms. The van der Waals surface area contributed by atoms with Crippen LogP contribution in [0.2, 0.25) is 0 Å². The Labute approximate surface area is 300 Å². The number of esters is 6. The van der Waals surface area contributed by atoms with Crippen LogP contribution in [0.1, 0.15) is 79.1 Å². The number of aliphatic hydroxyl groups excluding tert-OH is 1. The molecule has 0 aromatic heterocycles. The molecular weight excluding hydrogens is 684 g/mol. The molecule has 15 nitrogen and oxygen atoms in total. The van der Waals surface area contributed by atoms with Gasteiger partial charge in [0, 0.05) is 46.5 Å². The lowest BCUT2D eigenvalue weighted by atomic mass is 9.43. The van der Waals surface area contributed by atoms with E-state index in [1.165, 1.54) is 39.8 Å². The first-order valence-corrected chi connectivity index (χ1v) is 17.0. The third kappa shape index (κ3) is 5.96. The number of carbonyl (C=O) groups excluding carboxylic acids is 6. The SMILES string of the molecule is CC(=O)O[C@@H]1C2=C(C)[C@@H](O)[C@H](OC(=O)c3ccccc3)[C@](O)([C@@H](OC(C)=O)[C@@H]3[C@]4(OC(C)=O)CO[C@@H]4C[C@H](OC(C)=O)[C@@]3(C)[C@H]1OC(C)=O)C2(C)C. The van der Waals surface area contributed by atoms with Gasteiger partial charge in [-0.25, -0.2) is 4.79 Å². The van der Waals surface area contributed by atoms with Crippen molar-refractivity contribution >= 4 is 35.8 Å². The summed E-state index contributed by atoms with van der Waals surface area (Å²) >= 11 is 0. The Bertz CT molecular complexity index is 1680. The van der Waals surface area contributed by atoms with Crippen molar-refractivity contribution in [3.05, 3.63) is 47.0 Å². The van der Waals surface area contributed by atoms with Crippen molar-refractivity contribution in [2.24, 2.45) is 16.7 Å². The van der Waals surface area contributed by atoms with Crippen LogP contribution >= 0.6 is 0 Å². The standard InChI is InChI=1S/C37H46O15/c1-17-26-28(48-19(3)39)31(49-20(4)40)35(9)24(47-18(2)38)15-25-36(16-46-25,52-22(6)42)29(35)32(50-21(5)41)37(45,34(26,7)8)30(27(17)43)51-33(44)23-13-11-10-12-14-23/h10-14,24-25,27-32,43,45H,15-16H2,1-9H3/t24-,25+,27+,28+,29-,30-,31-,32-,35+,36-,37-/m0/s1. The number of ether oxygens (including phenoxy) is 7. The lowest BCUT2D eigenvalue weighted by molar-refractivity contribution is -0.372. The van der Waals surface area contributed by atoms with Crippen LogP contribution in [0.25, 0.3) is 0 Å². The summed E-state index contributed by atoms with van der Waals surface area (Å²) in [5.41, 5.74) is -7.81. The number of fused-ring (bicyclic) bond motifs is 5. The molecule has 1 aliphatic heterocycles. The first kappa shape index (κ1) is 38.9. The minimum absolute atomic E-state index is 0.0582. The van der Waals surface area contributed by atoms with Gasteiger partial charge in [-0.3, -0.25) is 24.0 Å². The minimum Gasteiger partial charge on any atom is -0.462 e. The van der Waals surface area contributed by atoms with Gasteiger partial charge in [-0.1, -0.05) is 39.0 Å². The van der Waals surface area contributed by atoms with Crippen molar-refractivity contribution in [1.29, 1.82) is 0 Å². The number of hydrogen-bond donors (Lipinski definition) is 2. The molecule has 1 aromatic carbocycles. The van der Waals surface area contributed by atoms with E-state index in [0.29, 0.717) is 0 Å². The lowest BCUT2D eigenvalue weighted by Gasteiger charge is -2.69. The normalized spacial score (nSPS) is 37.3. The quantitative estimate of drug-likeness (QED) is 0.234. The summed E-state index contributed by atoms with van der Waals surface area (Å²) in [5.74, 6) is -6.64. The molecule has 2 bridgehead atoms. The fourth-order valence-electron chi connectivity index (χ4n) is 9.28. The van der Waals surface area contributed by atoms with Crippen LogP contribution in [-0.4, -0.2) is 107 Å². The van der Waals surface area contributed by atoms with Crippen LogP contribution in [0.4, 0.5) is 0 Å². The van der Waals surface area contributed by atoms with Gasteiger partial charge in [0.15, 0.2) is 29.5 Å². The second-order valence-corrected chi connectivity index (χ2v) is 14.8. The van der Waals surface area contributed by atoms with E-state index in [-0.39, 0.29) is 29.7 Å². The van der Waals surface area contributed by atoms with E-state index >= 15 is 0 Å². The predicted octanol–water partition coefficient (Wildman–Crippen LogP) is 2.13. The molecule has 0 unspecified atom stereocenters. The van der Waals surface area contributed by atoms with E-state index in [9.17, 15) is 39.0 Å². The molecule has 3 fully saturated rings. The largest absolute Gasteiger partial charge is 0.462 e. The molecule has 5 rings (SSSR count). The van der Waals surface area contributed by atoms with Crippen LogP contribution in [-0.2, 0) is 57.1 Å². The van der Waals surface area contributed by atoms with Crippen molar-refractivity contribution in [3.8, 4) is 0 Å². The Morgan fingerprint density at radius 1 is 0.750 bits per heavy atom. The summed E-state index contributed by atoms with van der Waals surface area (Å²) in [6.45, 7) is 11.3. The zero-order valence-corrected chi connectivity index (χ0v) is 30.6. The zero-order valence-electron chi connectivity index (χ0n) is 30.6. The third-order valence-corrected chi connectivity index (χ3v) is 11.3. The van der Waals surface area contributed by atoms with E-state index in [0.717, 1.165) is 34.6 Å². The van der Waals surface area contributed by atoms with Gasteiger partial charge in [0.2, 0.25) is 0 Å². The maximum atomic E-state index is 13.8. The maximum absolute atomic E-state index is 13.8. The van der Waals surface area contributed by atoms with E-state index in [1.807, 2.05) is 0 Å². The van der Waals surface area contributed by atoms with Crippen LogP contribution in [0.15, 0.2) is 41.5 Å². The molecule has 11 atom stereocenters. The fourth-order valence-corrected chi connectivity index (χ4v) is 9.28. The summed E-state index contributed by atoms with van der Waals surface area (Å²) in [4.78, 5) is 78.8. The highest BCUT2D eigenvalue weighted by atomic mass is 16.6. The highest BCUT2D eigenvalue weighted by Crippen LogP contribution is 2.66. The van der Waals surface area contributed by atoms with Crippen LogP contribution in [0.5, 0.6) is 0 Å². The molecule has 4 aliphatic rings. The number of carbonyl (C=O) groups is 6. The van der Waals surface area contributed by atoms with Crippen molar-refractivity contribution in [3.63, 3.8) is 0 Å². The smallest absolute Gasteiger partial charge is 0.338 e. The van der Waals surface area contributed by atoms with Crippen molar-refractivity contribution in [1.82, 2.24) is 0 Å². The Morgan fingerprint density at radius 2 is 1.31 bits per heavy atom. The average molecular weight is 731 g/mol. The molecule has 2 saturated carbocycles. The zero-order chi connectivity index (χ0) is 38.7. The van der Waals surface area contributed by atoms with Gasteiger partial charge in [0.1, 0.15) is 24.4 Å². The molecule has 1 saturated heterocycles. The Morgan fingerprint density at radius 3 is 1.81 bits per heavy atom. The summed E-state index contributed by atoms with van der Waals surface area (Å²) in [5, 5.41) is 25.8. The van der Waals surface area contributed by atoms with Crippen LogP contribution in [0, 0.1) is 16.7 Å². The molecule has 1 heterocycles. The van der Waals surface area contributed by atoms with Gasteiger partial charge in [-0.15, -0.1) is 0 Å². The highest BCUT2D eigenvalue weighted by Gasteiger charge is 2.81. The minimum atomic E-state index is -2.64. The highest BCUT2D eigenvalue weighted by molar-refractivity contribution is 5.89. The monoisotopic (exact) mass is 730 g/mol. The molecule has 2 N–H and O–H groups in total. The van der Waals surface area contributed by atoms with Gasteiger partial charge in [0.25, 0.3) is 0 Å². The van der Waals surface area contributed by atoms with Crippen LogP contribution in [0.3, 0.4) is 0 Å². The van der Waals surface area contributed by atoms with E-state index in [2.05, 4.69) is 0 Å². The molecule has 15 heteroatoms. The summed E-state index contributed by atoms with van der Waals surface area (Å²) < 4.78 is 42.1. The van der Waals surface area contributed by atoms with Gasteiger partial charge in [0.05, 0.1) is 23.5 Å². The number of hydrogen-bond acceptors (Lipinski definition) is 15. The summed E-state index contributed by atoms with van der Waals surface area (Å²) in [6.07, 6.45) is -11.2. The van der Waals surface area contributed by atoms with Crippen LogP contribution < -0.4 is 0 Å². The van der Waals surface area contributed by atoms with Gasteiger partial charge >= 0.3 is 35.8 Å². The maximum Gasteiger partial charge on any atom is 0.338 e. The molecule has 3 aliphatic carbocycles. The molecule has 1 aromatic rings. The molecule has 0 amide bonds. The first-order valence-electron chi connectivity index (χ1n) is 17.0. The van der Waals surface area contributed by atoms with E-state index in [4.69, 9.17) is 33.2 Å². The van der Waals surface area contributed by atoms with Gasteiger partial charge < -0.3 is 43.4 Å². The second kappa shape index (κ2) is 13.6.